The average molecular weight is 423 g/mol. The number of rotatable bonds is 2. The molecular weight excluding hydrogens is 411 g/mol. The number of halogens is 2. The van der Waals surface area contributed by atoms with E-state index in [0.29, 0.717) is 21.7 Å². The van der Waals surface area contributed by atoms with Crippen LogP contribution in [-0.2, 0) is 0 Å². The smallest absolute Gasteiger partial charge is 0.341 e. The van der Waals surface area contributed by atoms with E-state index in [2.05, 4.69) is 15.0 Å². The lowest BCUT2D eigenvalue weighted by Crippen LogP contribution is -2.19. The minimum Gasteiger partial charge on any atom is -0.477 e. The summed E-state index contributed by atoms with van der Waals surface area (Å²) in [6, 6.07) is 6.36. The van der Waals surface area contributed by atoms with E-state index >= 15 is 0 Å². The van der Waals surface area contributed by atoms with Crippen molar-refractivity contribution in [1.82, 2.24) is 19.5 Å². The van der Waals surface area contributed by atoms with E-state index in [1.807, 2.05) is 0 Å². The third kappa shape index (κ3) is 2.31. The summed E-state index contributed by atoms with van der Waals surface area (Å²) in [6.07, 6.45) is 3.02. The number of carbonyl (C=O) groups is 1. The molecule has 2 N–H and O–H groups in total. The molecule has 0 spiro atoms. The average Bonchev–Trinajstić information content (AvgIpc) is 3.49. The number of H-pyrrole nitrogens is 1. The van der Waals surface area contributed by atoms with Gasteiger partial charge in [0.15, 0.2) is 11.5 Å². The van der Waals surface area contributed by atoms with Gasteiger partial charge in [-0.05, 0) is 37.1 Å². The second kappa shape index (κ2) is 5.76. The van der Waals surface area contributed by atoms with Crippen LogP contribution in [0.2, 0.25) is 5.02 Å². The van der Waals surface area contributed by atoms with Gasteiger partial charge in [0.25, 0.3) is 0 Å². The maximum absolute atomic E-state index is 15.0. The molecule has 1 aliphatic carbocycles. The number of hydrogen-bond donors (Lipinski definition) is 2. The van der Waals surface area contributed by atoms with E-state index in [1.54, 1.807) is 22.8 Å². The largest absolute Gasteiger partial charge is 0.477 e. The Kier molecular flexibility index (Phi) is 3.33. The Morgan fingerprint density at radius 1 is 1.17 bits per heavy atom. The quantitative estimate of drug-likeness (QED) is 0.410. The number of aromatic nitrogens is 4. The van der Waals surface area contributed by atoms with Crippen LogP contribution in [0.5, 0.6) is 0 Å². The summed E-state index contributed by atoms with van der Waals surface area (Å²) in [5, 5.41) is 10.7. The summed E-state index contributed by atoms with van der Waals surface area (Å²) in [7, 11) is 0. The van der Waals surface area contributed by atoms with Gasteiger partial charge in [0.2, 0.25) is 5.43 Å². The SMILES string of the molecule is O=C(O)c1cn(C2CC2)c2c(cc(F)c3nc4[nH]c5ccc(Cl)cc5c4nc32)c1=O. The van der Waals surface area contributed by atoms with Crippen LogP contribution < -0.4 is 5.43 Å². The molecule has 5 aromatic rings. The Hall–Kier alpha value is -3.52. The molecule has 2 aromatic carbocycles. The van der Waals surface area contributed by atoms with Gasteiger partial charge in [0.1, 0.15) is 22.1 Å². The van der Waals surface area contributed by atoms with E-state index in [1.165, 1.54) is 6.20 Å². The van der Waals surface area contributed by atoms with Crippen LogP contribution in [0.4, 0.5) is 4.39 Å². The van der Waals surface area contributed by atoms with Crippen LogP contribution in [0, 0.1) is 5.82 Å². The van der Waals surface area contributed by atoms with Crippen LogP contribution >= 0.6 is 11.6 Å². The van der Waals surface area contributed by atoms with Crippen molar-refractivity contribution in [3.05, 3.63) is 57.1 Å². The molecule has 3 aromatic heterocycles. The van der Waals surface area contributed by atoms with Gasteiger partial charge in [0, 0.05) is 28.2 Å². The fourth-order valence-electron chi connectivity index (χ4n) is 4.02. The molecule has 0 atom stereocenters. The van der Waals surface area contributed by atoms with Crippen molar-refractivity contribution >= 4 is 61.6 Å². The lowest BCUT2D eigenvalue weighted by atomic mass is 10.1. The minimum absolute atomic E-state index is 0.0154. The Labute approximate surface area is 171 Å². The summed E-state index contributed by atoms with van der Waals surface area (Å²) in [6.45, 7) is 0. The molecule has 1 aliphatic rings. The summed E-state index contributed by atoms with van der Waals surface area (Å²) >= 11 is 6.13. The molecule has 0 radical (unpaired) electrons. The number of fused-ring (bicyclic) bond motifs is 6. The number of hydrogen-bond acceptors (Lipinski definition) is 4. The van der Waals surface area contributed by atoms with Crippen LogP contribution in [-0.4, -0.2) is 30.6 Å². The van der Waals surface area contributed by atoms with Crippen LogP contribution in [0.25, 0.3) is 44.0 Å². The van der Waals surface area contributed by atoms with Crippen molar-refractivity contribution in [3.8, 4) is 0 Å². The van der Waals surface area contributed by atoms with Crippen molar-refractivity contribution < 1.29 is 14.3 Å². The van der Waals surface area contributed by atoms with Crippen molar-refractivity contribution in [2.45, 2.75) is 18.9 Å². The highest BCUT2D eigenvalue weighted by atomic mass is 35.5. The Morgan fingerprint density at radius 2 is 1.97 bits per heavy atom. The first-order chi connectivity index (χ1) is 14.4. The summed E-state index contributed by atoms with van der Waals surface area (Å²) in [4.78, 5) is 36.6. The van der Waals surface area contributed by atoms with Gasteiger partial charge in [-0.3, -0.25) is 4.79 Å². The number of carboxylic acids is 1. The second-order valence-corrected chi connectivity index (χ2v) is 7.94. The molecule has 30 heavy (non-hydrogen) atoms. The topological polar surface area (TPSA) is 101 Å². The zero-order valence-electron chi connectivity index (χ0n) is 15.2. The number of nitrogens with one attached hydrogen (secondary N) is 1. The van der Waals surface area contributed by atoms with E-state index in [4.69, 9.17) is 11.6 Å². The molecule has 0 saturated heterocycles. The normalized spacial score (nSPS) is 14.3. The molecule has 7 nitrogen and oxygen atoms in total. The molecule has 0 aliphatic heterocycles. The Balaban J connectivity index is 1.85. The molecule has 0 amide bonds. The molecule has 1 fully saturated rings. The van der Waals surface area contributed by atoms with E-state index < -0.39 is 17.2 Å². The van der Waals surface area contributed by atoms with Gasteiger partial charge in [-0.25, -0.2) is 19.2 Å². The first-order valence-electron chi connectivity index (χ1n) is 9.31. The zero-order chi connectivity index (χ0) is 20.7. The molecule has 3 heterocycles. The fourth-order valence-corrected chi connectivity index (χ4v) is 4.19. The van der Waals surface area contributed by atoms with E-state index in [-0.39, 0.29) is 28.0 Å². The summed E-state index contributed by atoms with van der Waals surface area (Å²) < 4.78 is 16.7. The summed E-state index contributed by atoms with van der Waals surface area (Å²) in [5.74, 6) is -2.07. The first kappa shape index (κ1) is 17.3. The molecule has 0 bridgehead atoms. The van der Waals surface area contributed by atoms with E-state index in [0.717, 1.165) is 29.8 Å². The van der Waals surface area contributed by atoms with Crippen LogP contribution in [0.1, 0.15) is 29.2 Å². The lowest BCUT2D eigenvalue weighted by Gasteiger charge is -2.13. The van der Waals surface area contributed by atoms with Crippen molar-refractivity contribution in [1.29, 1.82) is 0 Å². The van der Waals surface area contributed by atoms with E-state index in [9.17, 15) is 19.1 Å². The van der Waals surface area contributed by atoms with Gasteiger partial charge < -0.3 is 14.7 Å². The standard InChI is InChI=1S/C21H12ClFN4O3/c22-8-1-4-14-10(5-8)15-20(24-14)26-16-13(23)6-11-18(17(16)25-15)27(9-2-3-9)7-12(19(11)28)21(29)30/h1,4-7,9H,2-3H2,(H,24,26)(H,29,30). The van der Waals surface area contributed by atoms with Crippen molar-refractivity contribution in [2.75, 3.05) is 0 Å². The van der Waals surface area contributed by atoms with Crippen molar-refractivity contribution in [3.63, 3.8) is 0 Å². The van der Waals surface area contributed by atoms with Crippen LogP contribution in [0.3, 0.4) is 0 Å². The molecule has 148 valence electrons. The highest BCUT2D eigenvalue weighted by molar-refractivity contribution is 6.31. The molecule has 0 unspecified atom stereocenters. The predicted molar refractivity (Wildman–Crippen MR) is 111 cm³/mol. The van der Waals surface area contributed by atoms with Crippen LogP contribution in [0.15, 0.2) is 35.3 Å². The number of nitrogens with zero attached hydrogens (tertiary/aromatic N) is 3. The van der Waals surface area contributed by atoms with Gasteiger partial charge in [-0.1, -0.05) is 11.6 Å². The monoisotopic (exact) mass is 422 g/mol. The maximum atomic E-state index is 15.0. The second-order valence-electron chi connectivity index (χ2n) is 7.50. The Morgan fingerprint density at radius 3 is 2.70 bits per heavy atom. The number of benzene rings is 2. The Bertz CT molecular complexity index is 1640. The van der Waals surface area contributed by atoms with Gasteiger partial charge in [-0.15, -0.1) is 0 Å². The highest BCUT2D eigenvalue weighted by Gasteiger charge is 2.29. The zero-order valence-corrected chi connectivity index (χ0v) is 16.0. The maximum Gasteiger partial charge on any atom is 0.341 e. The van der Waals surface area contributed by atoms with Gasteiger partial charge >= 0.3 is 5.97 Å². The van der Waals surface area contributed by atoms with Crippen molar-refractivity contribution in [2.24, 2.45) is 0 Å². The van der Waals surface area contributed by atoms with Gasteiger partial charge in [-0.2, -0.15) is 0 Å². The lowest BCUT2D eigenvalue weighted by molar-refractivity contribution is 0.0695. The number of carboxylic acid groups (broad SMARTS) is 1. The summed E-state index contributed by atoms with van der Waals surface area (Å²) in [5.41, 5.74) is 1.17. The van der Waals surface area contributed by atoms with Gasteiger partial charge in [0.05, 0.1) is 10.9 Å². The minimum atomic E-state index is -1.34. The third-order valence-corrected chi connectivity index (χ3v) is 5.78. The molecule has 1 saturated carbocycles. The number of pyridine rings is 1. The molecule has 6 rings (SSSR count). The molecular formula is C21H12ClFN4O3. The number of aromatic carboxylic acids is 1. The first-order valence-corrected chi connectivity index (χ1v) is 9.69. The third-order valence-electron chi connectivity index (χ3n) is 5.55. The highest BCUT2D eigenvalue weighted by Crippen LogP contribution is 2.39. The molecule has 9 heteroatoms. The number of aromatic amines is 1. The fraction of sp³-hybridized carbons (Fsp3) is 0.143. The predicted octanol–water partition coefficient (Wildman–Crippen LogP) is 4.40.